The van der Waals surface area contributed by atoms with E-state index in [1.807, 2.05) is 0 Å². The van der Waals surface area contributed by atoms with Crippen molar-refractivity contribution in [3.05, 3.63) is 35.7 Å². The molecule has 0 fully saturated rings. The minimum Gasteiger partial charge on any atom is -0.475 e. The summed E-state index contributed by atoms with van der Waals surface area (Å²) in [5, 5.41) is 8.77. The normalized spacial score (nSPS) is 10.7. The predicted octanol–water partition coefficient (Wildman–Crippen LogP) is 1.48. The van der Waals surface area contributed by atoms with E-state index in [9.17, 15) is 9.18 Å². The number of carbonyl (C=O) groups is 1. The molecule has 2 aromatic rings. The van der Waals surface area contributed by atoms with Gasteiger partial charge in [-0.1, -0.05) is 6.07 Å². The van der Waals surface area contributed by atoms with Crippen LogP contribution < -0.4 is 0 Å². The summed E-state index contributed by atoms with van der Waals surface area (Å²) in [6, 6.07) is 4.34. The summed E-state index contributed by atoms with van der Waals surface area (Å²) in [5.74, 6) is -2.16. The number of imidazole rings is 1. The third kappa shape index (κ3) is 1.06. The Labute approximate surface area is 78.6 Å². The molecule has 0 spiro atoms. The molecule has 2 rings (SSSR count). The second-order valence-corrected chi connectivity index (χ2v) is 2.90. The Morgan fingerprint density at radius 2 is 2.29 bits per heavy atom. The molecule has 0 saturated heterocycles. The minimum absolute atomic E-state index is 0.296. The fourth-order valence-electron chi connectivity index (χ4n) is 1.39. The molecular weight excluding hydrogens is 187 g/mol. The van der Waals surface area contributed by atoms with Crippen molar-refractivity contribution in [2.24, 2.45) is 0 Å². The Bertz CT molecular complexity index is 519. The number of aryl methyl sites for hydroxylation is 1. The first-order valence-electron chi connectivity index (χ1n) is 3.98. The van der Waals surface area contributed by atoms with Gasteiger partial charge in [-0.05, 0) is 19.1 Å². The molecule has 5 heteroatoms. The second kappa shape index (κ2) is 2.80. The number of nitrogens with zero attached hydrogens (tertiary/aromatic N) is 2. The zero-order chi connectivity index (χ0) is 10.3. The number of halogens is 1. The standard InChI is InChI=1S/C9H7FN2O2/c1-5-6-3-2-4-7(10)12(6)8(11-5)9(13)14/h2-4H,1H3,(H,13,14). The molecular formula is C9H7FN2O2. The number of carboxylic acids is 1. The van der Waals surface area contributed by atoms with Gasteiger partial charge in [0.15, 0.2) is 5.95 Å². The highest BCUT2D eigenvalue weighted by Gasteiger charge is 2.16. The maximum atomic E-state index is 13.3. The number of aromatic carboxylic acids is 1. The summed E-state index contributed by atoms with van der Waals surface area (Å²) in [6.45, 7) is 1.64. The first-order chi connectivity index (χ1) is 6.61. The summed E-state index contributed by atoms with van der Waals surface area (Å²) in [7, 11) is 0. The maximum absolute atomic E-state index is 13.3. The zero-order valence-electron chi connectivity index (χ0n) is 7.36. The number of hydrogen-bond donors (Lipinski definition) is 1. The molecule has 14 heavy (non-hydrogen) atoms. The fourth-order valence-corrected chi connectivity index (χ4v) is 1.39. The minimum atomic E-state index is -1.24. The highest BCUT2D eigenvalue weighted by molar-refractivity contribution is 5.85. The van der Waals surface area contributed by atoms with Gasteiger partial charge in [-0.3, -0.25) is 4.40 Å². The van der Waals surface area contributed by atoms with Crippen LogP contribution >= 0.6 is 0 Å². The summed E-state index contributed by atoms with van der Waals surface area (Å²) in [5.41, 5.74) is 0.976. The average Bonchev–Trinajstić information content (AvgIpc) is 2.46. The van der Waals surface area contributed by atoms with Crippen LogP contribution in [0.1, 0.15) is 16.3 Å². The molecule has 0 aromatic carbocycles. The lowest BCUT2D eigenvalue weighted by atomic mass is 10.3. The van der Waals surface area contributed by atoms with Gasteiger partial charge in [-0.25, -0.2) is 9.78 Å². The first kappa shape index (κ1) is 8.68. The van der Waals surface area contributed by atoms with Crippen molar-refractivity contribution in [3.63, 3.8) is 0 Å². The molecule has 0 aliphatic heterocycles. The molecule has 0 saturated carbocycles. The molecule has 72 valence electrons. The van der Waals surface area contributed by atoms with Gasteiger partial charge in [-0.15, -0.1) is 0 Å². The van der Waals surface area contributed by atoms with Gasteiger partial charge in [0.25, 0.3) is 0 Å². The molecule has 2 aromatic heterocycles. The van der Waals surface area contributed by atoms with E-state index in [1.165, 1.54) is 12.1 Å². The predicted molar refractivity (Wildman–Crippen MR) is 46.8 cm³/mol. The largest absolute Gasteiger partial charge is 0.475 e. The Kier molecular flexibility index (Phi) is 1.73. The summed E-state index contributed by atoms with van der Waals surface area (Å²) in [6.07, 6.45) is 0. The lowest BCUT2D eigenvalue weighted by Gasteiger charge is -1.97. The van der Waals surface area contributed by atoms with Crippen LogP contribution in [-0.4, -0.2) is 20.5 Å². The molecule has 1 N–H and O–H groups in total. The lowest BCUT2D eigenvalue weighted by Crippen LogP contribution is -2.05. The van der Waals surface area contributed by atoms with E-state index >= 15 is 0 Å². The smallest absolute Gasteiger partial charge is 0.372 e. The molecule has 0 bridgehead atoms. The van der Waals surface area contributed by atoms with Crippen molar-refractivity contribution < 1.29 is 14.3 Å². The van der Waals surface area contributed by atoms with Crippen LogP contribution in [0.15, 0.2) is 18.2 Å². The number of carboxylic acid groups (broad SMARTS) is 1. The van der Waals surface area contributed by atoms with Gasteiger partial charge >= 0.3 is 5.97 Å². The number of hydrogen-bond acceptors (Lipinski definition) is 2. The van der Waals surface area contributed by atoms with E-state index in [2.05, 4.69) is 4.98 Å². The van der Waals surface area contributed by atoms with E-state index in [4.69, 9.17) is 5.11 Å². The fraction of sp³-hybridized carbons (Fsp3) is 0.111. The Morgan fingerprint density at radius 1 is 1.57 bits per heavy atom. The second-order valence-electron chi connectivity index (χ2n) is 2.90. The highest BCUT2D eigenvalue weighted by Crippen LogP contribution is 2.14. The van der Waals surface area contributed by atoms with Gasteiger partial charge in [0.2, 0.25) is 5.82 Å². The lowest BCUT2D eigenvalue weighted by molar-refractivity contribution is 0.0681. The van der Waals surface area contributed by atoms with Crippen LogP contribution in [0.4, 0.5) is 4.39 Å². The molecule has 0 aliphatic rings. The molecule has 0 aliphatic carbocycles. The molecule has 0 unspecified atom stereocenters. The molecule has 4 nitrogen and oxygen atoms in total. The van der Waals surface area contributed by atoms with Crippen LogP contribution in [-0.2, 0) is 0 Å². The van der Waals surface area contributed by atoms with Crippen molar-refractivity contribution in [3.8, 4) is 0 Å². The van der Waals surface area contributed by atoms with Crippen molar-refractivity contribution in [1.82, 2.24) is 9.38 Å². The number of fused-ring (bicyclic) bond motifs is 1. The van der Waals surface area contributed by atoms with Crippen LogP contribution in [0, 0.1) is 12.9 Å². The van der Waals surface area contributed by atoms with Crippen LogP contribution in [0.2, 0.25) is 0 Å². The summed E-state index contributed by atoms with van der Waals surface area (Å²) < 4.78 is 14.3. The number of rotatable bonds is 1. The Morgan fingerprint density at radius 3 is 2.93 bits per heavy atom. The third-order valence-electron chi connectivity index (χ3n) is 1.99. The van der Waals surface area contributed by atoms with E-state index in [-0.39, 0.29) is 5.82 Å². The molecule has 0 radical (unpaired) electrons. The monoisotopic (exact) mass is 194 g/mol. The van der Waals surface area contributed by atoms with Gasteiger partial charge in [0, 0.05) is 0 Å². The van der Waals surface area contributed by atoms with E-state index in [1.54, 1.807) is 13.0 Å². The van der Waals surface area contributed by atoms with Gasteiger partial charge in [0.05, 0.1) is 11.2 Å². The highest BCUT2D eigenvalue weighted by atomic mass is 19.1. The van der Waals surface area contributed by atoms with Crippen LogP contribution in [0.3, 0.4) is 0 Å². The number of pyridine rings is 1. The first-order valence-corrected chi connectivity index (χ1v) is 3.98. The molecule has 0 atom stereocenters. The molecule has 0 amide bonds. The quantitative estimate of drug-likeness (QED) is 0.699. The topological polar surface area (TPSA) is 54.6 Å². The van der Waals surface area contributed by atoms with Gasteiger partial charge in [-0.2, -0.15) is 4.39 Å². The zero-order valence-corrected chi connectivity index (χ0v) is 7.36. The van der Waals surface area contributed by atoms with Crippen LogP contribution in [0.5, 0.6) is 0 Å². The Balaban J connectivity index is 2.93. The van der Waals surface area contributed by atoms with Crippen molar-refractivity contribution in [1.29, 1.82) is 0 Å². The van der Waals surface area contributed by atoms with Crippen molar-refractivity contribution >= 4 is 11.5 Å². The summed E-state index contributed by atoms with van der Waals surface area (Å²) in [4.78, 5) is 14.5. The van der Waals surface area contributed by atoms with E-state index in [0.29, 0.717) is 11.2 Å². The maximum Gasteiger partial charge on any atom is 0.372 e. The van der Waals surface area contributed by atoms with Gasteiger partial charge in [0.1, 0.15) is 0 Å². The van der Waals surface area contributed by atoms with Crippen molar-refractivity contribution in [2.45, 2.75) is 6.92 Å². The third-order valence-corrected chi connectivity index (χ3v) is 1.99. The molecule has 2 heterocycles. The Hall–Kier alpha value is -1.91. The average molecular weight is 194 g/mol. The van der Waals surface area contributed by atoms with Crippen molar-refractivity contribution in [2.75, 3.05) is 0 Å². The van der Waals surface area contributed by atoms with E-state index < -0.39 is 11.9 Å². The van der Waals surface area contributed by atoms with Gasteiger partial charge < -0.3 is 5.11 Å². The summed E-state index contributed by atoms with van der Waals surface area (Å²) >= 11 is 0. The number of aromatic nitrogens is 2. The van der Waals surface area contributed by atoms with Crippen LogP contribution in [0.25, 0.3) is 5.52 Å². The SMILES string of the molecule is Cc1nc(C(=O)O)n2c(F)cccc12. The van der Waals surface area contributed by atoms with E-state index in [0.717, 1.165) is 4.40 Å².